The SMILES string of the molecule is COc1cccc(Oc2cc(Br)ccc2F)c1[C@H](C)O. The number of benzene rings is 2. The van der Waals surface area contributed by atoms with Crippen LogP contribution in [-0.4, -0.2) is 12.2 Å². The van der Waals surface area contributed by atoms with Crippen molar-refractivity contribution < 1.29 is 19.0 Å². The molecule has 1 N–H and O–H groups in total. The van der Waals surface area contributed by atoms with Gasteiger partial charge in [0, 0.05) is 4.47 Å². The molecule has 0 aliphatic rings. The molecule has 0 unspecified atom stereocenters. The minimum atomic E-state index is -0.795. The lowest BCUT2D eigenvalue weighted by Crippen LogP contribution is -2.00. The van der Waals surface area contributed by atoms with Crippen LogP contribution in [0.4, 0.5) is 4.39 Å². The van der Waals surface area contributed by atoms with Gasteiger partial charge in [-0.3, -0.25) is 0 Å². The Morgan fingerprint density at radius 1 is 1.15 bits per heavy atom. The first-order valence-electron chi connectivity index (χ1n) is 6.00. The monoisotopic (exact) mass is 340 g/mol. The summed E-state index contributed by atoms with van der Waals surface area (Å²) in [6.07, 6.45) is -0.795. The summed E-state index contributed by atoms with van der Waals surface area (Å²) in [6, 6.07) is 9.51. The Bertz CT molecular complexity index is 614. The van der Waals surface area contributed by atoms with E-state index in [-0.39, 0.29) is 5.75 Å². The van der Waals surface area contributed by atoms with Crippen molar-refractivity contribution in [3.63, 3.8) is 0 Å². The van der Waals surface area contributed by atoms with Crippen molar-refractivity contribution in [2.45, 2.75) is 13.0 Å². The molecule has 5 heteroatoms. The van der Waals surface area contributed by atoms with E-state index in [1.54, 1.807) is 31.2 Å². The van der Waals surface area contributed by atoms with Gasteiger partial charge in [0.25, 0.3) is 0 Å². The second kappa shape index (κ2) is 6.24. The van der Waals surface area contributed by atoms with Crippen LogP contribution in [0.2, 0.25) is 0 Å². The molecule has 20 heavy (non-hydrogen) atoms. The van der Waals surface area contributed by atoms with Gasteiger partial charge in [0.1, 0.15) is 11.5 Å². The number of methoxy groups -OCH3 is 1. The first-order valence-corrected chi connectivity index (χ1v) is 6.80. The van der Waals surface area contributed by atoms with E-state index in [0.717, 1.165) is 0 Å². The zero-order chi connectivity index (χ0) is 14.7. The molecule has 0 heterocycles. The van der Waals surface area contributed by atoms with E-state index in [9.17, 15) is 9.50 Å². The van der Waals surface area contributed by atoms with Crippen molar-refractivity contribution in [2.75, 3.05) is 7.11 Å². The van der Waals surface area contributed by atoms with Crippen molar-refractivity contribution in [2.24, 2.45) is 0 Å². The fourth-order valence-corrected chi connectivity index (χ4v) is 2.22. The summed E-state index contributed by atoms with van der Waals surface area (Å²) in [5, 5.41) is 9.86. The Labute approximate surface area is 125 Å². The van der Waals surface area contributed by atoms with Crippen molar-refractivity contribution in [1.82, 2.24) is 0 Å². The van der Waals surface area contributed by atoms with Crippen molar-refractivity contribution in [3.05, 3.63) is 52.3 Å². The van der Waals surface area contributed by atoms with Crippen LogP contribution in [-0.2, 0) is 0 Å². The predicted octanol–water partition coefficient (Wildman–Crippen LogP) is 4.44. The third-order valence-electron chi connectivity index (χ3n) is 2.78. The molecule has 0 spiro atoms. The lowest BCUT2D eigenvalue weighted by atomic mass is 10.1. The largest absolute Gasteiger partial charge is 0.496 e. The number of hydrogen-bond donors (Lipinski definition) is 1. The summed E-state index contributed by atoms with van der Waals surface area (Å²) < 4.78 is 25.2. The molecule has 2 rings (SSSR count). The lowest BCUT2D eigenvalue weighted by Gasteiger charge is -2.16. The highest BCUT2D eigenvalue weighted by molar-refractivity contribution is 9.10. The quantitative estimate of drug-likeness (QED) is 0.893. The van der Waals surface area contributed by atoms with E-state index in [1.807, 2.05) is 0 Å². The van der Waals surface area contributed by atoms with E-state index < -0.39 is 11.9 Å². The number of ether oxygens (including phenoxy) is 2. The maximum absolute atomic E-state index is 13.7. The minimum Gasteiger partial charge on any atom is -0.496 e. The molecule has 0 aromatic heterocycles. The number of hydrogen-bond acceptors (Lipinski definition) is 3. The van der Waals surface area contributed by atoms with Gasteiger partial charge in [-0.15, -0.1) is 0 Å². The molecule has 0 fully saturated rings. The van der Waals surface area contributed by atoms with Gasteiger partial charge in [-0.1, -0.05) is 22.0 Å². The molecule has 0 saturated heterocycles. The Hall–Kier alpha value is -1.59. The molecule has 0 bridgehead atoms. The summed E-state index contributed by atoms with van der Waals surface area (Å²) in [4.78, 5) is 0. The molecule has 1 atom stereocenters. The number of aliphatic hydroxyl groups excluding tert-OH is 1. The van der Waals surface area contributed by atoms with Crippen LogP contribution in [0.15, 0.2) is 40.9 Å². The third kappa shape index (κ3) is 3.11. The molecule has 0 saturated carbocycles. The first kappa shape index (κ1) is 14.8. The molecule has 2 aromatic rings. The van der Waals surface area contributed by atoms with Gasteiger partial charge in [0.15, 0.2) is 11.6 Å². The Balaban J connectivity index is 2.45. The predicted molar refractivity (Wildman–Crippen MR) is 77.8 cm³/mol. The van der Waals surface area contributed by atoms with Crippen molar-refractivity contribution >= 4 is 15.9 Å². The van der Waals surface area contributed by atoms with Crippen LogP contribution < -0.4 is 9.47 Å². The summed E-state index contributed by atoms with van der Waals surface area (Å²) >= 11 is 3.26. The smallest absolute Gasteiger partial charge is 0.165 e. The van der Waals surface area contributed by atoms with Crippen LogP contribution in [0.3, 0.4) is 0 Å². The maximum atomic E-state index is 13.7. The Morgan fingerprint density at radius 3 is 2.50 bits per heavy atom. The van der Waals surface area contributed by atoms with E-state index in [4.69, 9.17) is 9.47 Å². The molecule has 0 aliphatic heterocycles. The Morgan fingerprint density at radius 2 is 1.85 bits per heavy atom. The van der Waals surface area contributed by atoms with Crippen molar-refractivity contribution in [1.29, 1.82) is 0 Å². The van der Waals surface area contributed by atoms with Gasteiger partial charge in [0.05, 0.1) is 18.8 Å². The molecular weight excluding hydrogens is 327 g/mol. The van der Waals surface area contributed by atoms with Crippen molar-refractivity contribution in [3.8, 4) is 17.2 Å². The van der Waals surface area contributed by atoms with Gasteiger partial charge >= 0.3 is 0 Å². The normalized spacial score (nSPS) is 12.1. The van der Waals surface area contributed by atoms with E-state index >= 15 is 0 Å². The molecule has 0 aliphatic carbocycles. The molecule has 2 aromatic carbocycles. The molecule has 106 valence electrons. The van der Waals surface area contributed by atoms with Gasteiger partial charge in [0.2, 0.25) is 0 Å². The summed E-state index contributed by atoms with van der Waals surface area (Å²) in [6.45, 7) is 1.60. The molecule has 0 amide bonds. The lowest BCUT2D eigenvalue weighted by molar-refractivity contribution is 0.190. The average Bonchev–Trinajstić information content (AvgIpc) is 2.42. The van der Waals surface area contributed by atoms with E-state index in [2.05, 4.69) is 15.9 Å². The zero-order valence-electron chi connectivity index (χ0n) is 11.1. The van der Waals surface area contributed by atoms with Gasteiger partial charge in [-0.05, 0) is 37.3 Å². The van der Waals surface area contributed by atoms with Crippen LogP contribution in [0.5, 0.6) is 17.2 Å². The molecule has 3 nitrogen and oxygen atoms in total. The molecular formula is C15H14BrFO3. The van der Waals surface area contributed by atoms with Gasteiger partial charge < -0.3 is 14.6 Å². The highest BCUT2D eigenvalue weighted by Crippen LogP contribution is 2.37. The second-order valence-corrected chi connectivity index (χ2v) is 5.14. The Kier molecular flexibility index (Phi) is 4.62. The van der Waals surface area contributed by atoms with Crippen LogP contribution >= 0.6 is 15.9 Å². The maximum Gasteiger partial charge on any atom is 0.165 e. The third-order valence-corrected chi connectivity index (χ3v) is 3.27. The van der Waals surface area contributed by atoms with Crippen LogP contribution in [0.1, 0.15) is 18.6 Å². The average molecular weight is 341 g/mol. The zero-order valence-corrected chi connectivity index (χ0v) is 12.6. The van der Waals surface area contributed by atoms with E-state index in [0.29, 0.717) is 21.5 Å². The first-order chi connectivity index (χ1) is 9.52. The minimum absolute atomic E-state index is 0.0783. The highest BCUT2D eigenvalue weighted by Gasteiger charge is 2.17. The second-order valence-electron chi connectivity index (χ2n) is 4.22. The summed E-state index contributed by atoms with van der Waals surface area (Å²) in [7, 11) is 1.50. The van der Waals surface area contributed by atoms with Gasteiger partial charge in [-0.25, -0.2) is 4.39 Å². The van der Waals surface area contributed by atoms with E-state index in [1.165, 1.54) is 19.2 Å². The topological polar surface area (TPSA) is 38.7 Å². The fourth-order valence-electron chi connectivity index (χ4n) is 1.88. The fraction of sp³-hybridized carbons (Fsp3) is 0.200. The number of halogens is 2. The molecule has 0 radical (unpaired) electrons. The number of aliphatic hydroxyl groups is 1. The highest BCUT2D eigenvalue weighted by atomic mass is 79.9. The number of rotatable bonds is 4. The standard InChI is InChI=1S/C15H14BrFO3/c1-9(18)15-12(19-2)4-3-5-13(15)20-14-8-10(16)6-7-11(14)17/h3-9,18H,1-2H3/t9-/m0/s1. The van der Waals surface area contributed by atoms with Crippen LogP contribution in [0, 0.1) is 5.82 Å². The van der Waals surface area contributed by atoms with Crippen LogP contribution in [0.25, 0.3) is 0 Å². The van der Waals surface area contributed by atoms with Gasteiger partial charge in [-0.2, -0.15) is 0 Å². The summed E-state index contributed by atoms with van der Waals surface area (Å²) in [5.74, 6) is 0.450. The summed E-state index contributed by atoms with van der Waals surface area (Å²) in [5.41, 5.74) is 0.481.